The summed E-state index contributed by atoms with van der Waals surface area (Å²) < 4.78 is 7.63. The molecule has 7 heteroatoms. The molecule has 2 aromatic heterocycles. The Morgan fingerprint density at radius 2 is 1.88 bits per heavy atom. The Labute approximate surface area is 204 Å². The molecule has 2 aromatic carbocycles. The van der Waals surface area contributed by atoms with E-state index in [9.17, 15) is 9.90 Å². The average Bonchev–Trinajstić information content (AvgIpc) is 3.29. The molecule has 0 aliphatic carbocycles. The first-order valence-corrected chi connectivity index (χ1v) is 11.7. The fraction of sp³-hybridized carbons (Fsp3) is 0.259. The fourth-order valence-corrected chi connectivity index (χ4v) is 4.08. The molecule has 176 valence electrons. The molecule has 2 heterocycles. The summed E-state index contributed by atoms with van der Waals surface area (Å²) in [7, 11) is 0. The summed E-state index contributed by atoms with van der Waals surface area (Å²) in [5.41, 5.74) is 4.63. The van der Waals surface area contributed by atoms with E-state index in [1.165, 1.54) is 0 Å². The maximum absolute atomic E-state index is 12.8. The van der Waals surface area contributed by atoms with Crippen LogP contribution in [0.5, 0.6) is 5.75 Å². The number of nitrogens with one attached hydrogen (secondary N) is 1. The number of aromatic nitrogens is 2. The third-order valence-electron chi connectivity index (χ3n) is 5.53. The van der Waals surface area contributed by atoms with E-state index in [1.807, 2.05) is 30.5 Å². The van der Waals surface area contributed by atoms with Crippen molar-refractivity contribution in [1.29, 1.82) is 0 Å². The lowest BCUT2D eigenvalue weighted by molar-refractivity contribution is 0.0930. The molecule has 0 aliphatic rings. The number of hydrogen-bond acceptors (Lipinski definition) is 4. The molecule has 34 heavy (non-hydrogen) atoms. The summed E-state index contributed by atoms with van der Waals surface area (Å²) in [6, 6.07) is 17.1. The van der Waals surface area contributed by atoms with Crippen molar-refractivity contribution in [3.8, 4) is 16.9 Å². The predicted molar refractivity (Wildman–Crippen MR) is 135 cm³/mol. The second kappa shape index (κ2) is 10.7. The van der Waals surface area contributed by atoms with Gasteiger partial charge in [-0.1, -0.05) is 35.9 Å². The molecule has 6 nitrogen and oxygen atoms in total. The first-order chi connectivity index (χ1) is 16.4. The second-order valence-electron chi connectivity index (χ2n) is 8.51. The average molecular weight is 478 g/mol. The normalized spacial score (nSPS) is 12.1. The number of aliphatic hydroxyl groups is 1. The standard InChI is InChI=1S/C27H28ClN3O3/c1-18(2)34-25-9-7-21(16-24(25)28)27(33)30-23(11-14-32)15-19-3-5-20(6-4-19)22-8-10-26-29-12-13-31(26)17-22/h3-10,12-13,16-18,23,32H,11,14-15H2,1-2H3,(H,30,33). The molecule has 1 amide bonds. The molecular formula is C27H28ClN3O3. The number of pyridine rings is 1. The number of fused-ring (bicyclic) bond motifs is 1. The van der Waals surface area contributed by atoms with Crippen LogP contribution in [-0.2, 0) is 6.42 Å². The highest BCUT2D eigenvalue weighted by Gasteiger charge is 2.16. The van der Waals surface area contributed by atoms with Crippen LogP contribution in [0.15, 0.2) is 73.2 Å². The number of hydrogen-bond donors (Lipinski definition) is 2. The van der Waals surface area contributed by atoms with E-state index in [4.69, 9.17) is 16.3 Å². The van der Waals surface area contributed by atoms with Crippen LogP contribution >= 0.6 is 11.6 Å². The van der Waals surface area contributed by atoms with Gasteiger partial charge in [0.15, 0.2) is 0 Å². The number of imidazole rings is 1. The van der Waals surface area contributed by atoms with Gasteiger partial charge in [-0.3, -0.25) is 4.79 Å². The third kappa shape index (κ3) is 5.76. The highest BCUT2D eigenvalue weighted by Crippen LogP contribution is 2.27. The third-order valence-corrected chi connectivity index (χ3v) is 5.82. The van der Waals surface area contributed by atoms with Gasteiger partial charge in [-0.05, 0) is 73.7 Å². The first-order valence-electron chi connectivity index (χ1n) is 11.3. The van der Waals surface area contributed by atoms with Crippen molar-refractivity contribution >= 4 is 23.2 Å². The highest BCUT2D eigenvalue weighted by molar-refractivity contribution is 6.32. The zero-order chi connectivity index (χ0) is 24.1. The number of ether oxygens (including phenoxy) is 1. The van der Waals surface area contributed by atoms with E-state index >= 15 is 0 Å². The number of aliphatic hydroxyl groups excluding tert-OH is 1. The molecule has 4 rings (SSSR count). The lowest BCUT2D eigenvalue weighted by Gasteiger charge is -2.19. The molecule has 0 fully saturated rings. The van der Waals surface area contributed by atoms with E-state index in [1.54, 1.807) is 24.4 Å². The lowest BCUT2D eigenvalue weighted by Crippen LogP contribution is -2.37. The van der Waals surface area contributed by atoms with Crippen LogP contribution in [0.25, 0.3) is 16.8 Å². The summed E-state index contributed by atoms with van der Waals surface area (Å²) in [5.74, 6) is 0.314. The number of carbonyl (C=O) groups excluding carboxylic acids is 1. The quantitative estimate of drug-likeness (QED) is 0.349. The van der Waals surface area contributed by atoms with Crippen molar-refractivity contribution in [2.45, 2.75) is 38.8 Å². The van der Waals surface area contributed by atoms with Crippen LogP contribution in [0.2, 0.25) is 5.02 Å². The molecule has 0 radical (unpaired) electrons. The number of carbonyl (C=O) groups is 1. The fourth-order valence-electron chi connectivity index (χ4n) is 3.85. The van der Waals surface area contributed by atoms with E-state index in [2.05, 4.69) is 46.8 Å². The Hall–Kier alpha value is -3.35. The molecule has 0 spiro atoms. The minimum absolute atomic E-state index is 0.00806. The van der Waals surface area contributed by atoms with Gasteiger partial charge in [0.1, 0.15) is 11.4 Å². The first kappa shape index (κ1) is 23.8. The molecule has 0 aliphatic heterocycles. The van der Waals surface area contributed by atoms with Gasteiger partial charge in [0.25, 0.3) is 5.91 Å². The van der Waals surface area contributed by atoms with Gasteiger partial charge in [-0.25, -0.2) is 4.98 Å². The minimum atomic E-state index is -0.235. The Bertz CT molecular complexity index is 1270. The zero-order valence-electron chi connectivity index (χ0n) is 19.2. The van der Waals surface area contributed by atoms with Crippen molar-refractivity contribution < 1.29 is 14.6 Å². The number of halogens is 1. The highest BCUT2D eigenvalue weighted by atomic mass is 35.5. The van der Waals surface area contributed by atoms with Crippen LogP contribution in [0.4, 0.5) is 0 Å². The molecule has 1 atom stereocenters. The summed E-state index contributed by atoms with van der Waals surface area (Å²) in [6.45, 7) is 3.82. The van der Waals surface area contributed by atoms with Gasteiger partial charge in [0, 0.05) is 36.8 Å². The van der Waals surface area contributed by atoms with Gasteiger partial charge in [-0.15, -0.1) is 0 Å². The van der Waals surface area contributed by atoms with Crippen molar-refractivity contribution in [1.82, 2.24) is 14.7 Å². The molecule has 1 unspecified atom stereocenters. The van der Waals surface area contributed by atoms with Crippen LogP contribution in [0, 0.1) is 0 Å². The molecule has 0 bridgehead atoms. The molecule has 0 saturated heterocycles. The van der Waals surface area contributed by atoms with Gasteiger partial charge >= 0.3 is 0 Å². The molecular weight excluding hydrogens is 450 g/mol. The SMILES string of the molecule is CC(C)Oc1ccc(C(=O)NC(CCO)Cc2ccc(-c3ccc4nccn4c3)cc2)cc1Cl. The van der Waals surface area contributed by atoms with Gasteiger partial charge in [-0.2, -0.15) is 0 Å². The molecule has 4 aromatic rings. The summed E-state index contributed by atoms with van der Waals surface area (Å²) in [6.07, 6.45) is 6.80. The van der Waals surface area contributed by atoms with Crippen LogP contribution in [0.3, 0.4) is 0 Å². The number of amides is 1. The van der Waals surface area contributed by atoms with Crippen molar-refractivity contribution in [2.24, 2.45) is 0 Å². The summed E-state index contributed by atoms with van der Waals surface area (Å²) in [4.78, 5) is 17.1. The van der Waals surface area contributed by atoms with Crippen molar-refractivity contribution in [2.75, 3.05) is 6.61 Å². The van der Waals surface area contributed by atoms with Crippen molar-refractivity contribution in [3.05, 3.63) is 89.3 Å². The maximum atomic E-state index is 12.8. The van der Waals surface area contributed by atoms with Gasteiger partial charge in [0.2, 0.25) is 0 Å². The monoisotopic (exact) mass is 477 g/mol. The minimum Gasteiger partial charge on any atom is -0.489 e. The van der Waals surface area contributed by atoms with E-state index in [0.717, 1.165) is 22.3 Å². The smallest absolute Gasteiger partial charge is 0.251 e. The Balaban J connectivity index is 1.43. The zero-order valence-corrected chi connectivity index (χ0v) is 20.0. The number of nitrogens with zero attached hydrogens (tertiary/aromatic N) is 2. The largest absolute Gasteiger partial charge is 0.489 e. The lowest BCUT2D eigenvalue weighted by atomic mass is 10.00. The molecule has 2 N–H and O–H groups in total. The van der Waals surface area contributed by atoms with E-state index < -0.39 is 0 Å². The van der Waals surface area contributed by atoms with Gasteiger partial charge in [0.05, 0.1) is 11.1 Å². The Morgan fingerprint density at radius 3 is 2.59 bits per heavy atom. The Kier molecular flexibility index (Phi) is 7.50. The van der Waals surface area contributed by atoms with E-state index in [0.29, 0.717) is 29.2 Å². The second-order valence-corrected chi connectivity index (χ2v) is 8.91. The van der Waals surface area contributed by atoms with Crippen LogP contribution in [0.1, 0.15) is 36.2 Å². The van der Waals surface area contributed by atoms with Crippen LogP contribution < -0.4 is 10.1 Å². The van der Waals surface area contributed by atoms with Crippen molar-refractivity contribution in [3.63, 3.8) is 0 Å². The Morgan fingerprint density at radius 1 is 1.12 bits per heavy atom. The van der Waals surface area contributed by atoms with E-state index in [-0.39, 0.29) is 24.7 Å². The molecule has 0 saturated carbocycles. The number of rotatable bonds is 9. The summed E-state index contributed by atoms with van der Waals surface area (Å²) >= 11 is 6.29. The summed E-state index contributed by atoms with van der Waals surface area (Å²) in [5, 5.41) is 12.9. The maximum Gasteiger partial charge on any atom is 0.251 e. The number of benzene rings is 2. The van der Waals surface area contributed by atoms with Crippen LogP contribution in [-0.4, -0.2) is 39.2 Å². The van der Waals surface area contributed by atoms with Gasteiger partial charge < -0.3 is 19.6 Å². The topological polar surface area (TPSA) is 75.9 Å². The predicted octanol–water partition coefficient (Wildman–Crippen LogP) is 5.17.